The molecular weight excluding hydrogens is 190 g/mol. The third-order valence-electron chi connectivity index (χ3n) is 1.94. The van der Waals surface area contributed by atoms with Crippen LogP contribution in [-0.4, -0.2) is 11.0 Å². The van der Waals surface area contributed by atoms with Gasteiger partial charge in [-0.15, -0.1) is 0 Å². The zero-order valence-electron chi connectivity index (χ0n) is 9.00. The second kappa shape index (κ2) is 4.64. The van der Waals surface area contributed by atoms with E-state index < -0.39 is 0 Å². The molecule has 0 heterocycles. The molecule has 3 nitrogen and oxygen atoms in total. The Morgan fingerprint density at radius 1 is 1.47 bits per heavy atom. The van der Waals surface area contributed by atoms with Crippen LogP contribution in [0.5, 0.6) is 5.75 Å². The molecule has 0 saturated heterocycles. The van der Waals surface area contributed by atoms with E-state index >= 15 is 0 Å². The minimum Gasteiger partial charge on any atom is -0.508 e. The summed E-state index contributed by atoms with van der Waals surface area (Å²) in [4.78, 5) is 10.9. The lowest BCUT2D eigenvalue weighted by atomic mass is 10.0. The highest BCUT2D eigenvalue weighted by Gasteiger charge is 2.08. The van der Waals surface area contributed by atoms with Gasteiger partial charge in [0.15, 0.2) is 0 Å². The number of carbonyl (C=O) groups excluding carboxylic acids is 1. The third-order valence-corrected chi connectivity index (χ3v) is 1.94. The number of rotatable bonds is 3. The first kappa shape index (κ1) is 11.3. The number of allylic oxidation sites excluding steroid dienone is 1. The molecule has 0 aliphatic carbocycles. The van der Waals surface area contributed by atoms with E-state index in [-0.39, 0.29) is 11.7 Å². The van der Waals surface area contributed by atoms with Gasteiger partial charge in [0.25, 0.3) is 0 Å². The van der Waals surface area contributed by atoms with Crippen LogP contribution in [0, 0.1) is 0 Å². The smallest absolute Gasteiger partial charge is 0.221 e. The molecule has 0 spiro atoms. The summed E-state index contributed by atoms with van der Waals surface area (Å²) >= 11 is 0. The van der Waals surface area contributed by atoms with Gasteiger partial charge in [-0.2, -0.15) is 0 Å². The summed E-state index contributed by atoms with van der Waals surface area (Å²) in [6.07, 6.45) is 0.558. The van der Waals surface area contributed by atoms with Gasteiger partial charge >= 0.3 is 0 Å². The Morgan fingerprint density at radius 2 is 2.13 bits per heavy atom. The highest BCUT2D eigenvalue weighted by molar-refractivity contribution is 5.90. The number of anilines is 1. The van der Waals surface area contributed by atoms with E-state index in [0.29, 0.717) is 17.7 Å². The summed E-state index contributed by atoms with van der Waals surface area (Å²) < 4.78 is 0. The number of amides is 1. The van der Waals surface area contributed by atoms with Gasteiger partial charge in [-0.25, -0.2) is 0 Å². The summed E-state index contributed by atoms with van der Waals surface area (Å²) in [6.45, 7) is 7.11. The SMILES string of the molecule is C=C(C)Cc1c(O)cccc1NC(C)=O. The molecule has 1 amide bonds. The lowest BCUT2D eigenvalue weighted by molar-refractivity contribution is -0.114. The van der Waals surface area contributed by atoms with Gasteiger partial charge in [-0.05, 0) is 25.5 Å². The lowest BCUT2D eigenvalue weighted by Crippen LogP contribution is -2.08. The number of phenolic OH excluding ortho intramolecular Hbond substituents is 1. The Balaban J connectivity index is 3.08. The molecule has 1 aromatic rings. The van der Waals surface area contributed by atoms with Crippen molar-refractivity contribution in [1.29, 1.82) is 0 Å². The largest absolute Gasteiger partial charge is 0.508 e. The van der Waals surface area contributed by atoms with Crippen molar-refractivity contribution in [2.75, 3.05) is 5.32 Å². The predicted molar refractivity (Wildman–Crippen MR) is 60.9 cm³/mol. The molecule has 0 atom stereocenters. The van der Waals surface area contributed by atoms with Crippen LogP contribution in [0.25, 0.3) is 0 Å². The quantitative estimate of drug-likeness (QED) is 0.745. The number of benzene rings is 1. The summed E-state index contributed by atoms with van der Waals surface area (Å²) in [5.41, 5.74) is 2.29. The van der Waals surface area contributed by atoms with Gasteiger partial charge < -0.3 is 10.4 Å². The normalized spacial score (nSPS) is 9.73. The van der Waals surface area contributed by atoms with E-state index in [0.717, 1.165) is 5.57 Å². The van der Waals surface area contributed by atoms with Gasteiger partial charge in [0.05, 0.1) is 0 Å². The monoisotopic (exact) mass is 205 g/mol. The van der Waals surface area contributed by atoms with Crippen molar-refractivity contribution in [2.24, 2.45) is 0 Å². The van der Waals surface area contributed by atoms with Gasteiger partial charge in [0.1, 0.15) is 5.75 Å². The number of carbonyl (C=O) groups is 1. The van der Waals surface area contributed by atoms with E-state index in [1.807, 2.05) is 6.92 Å². The van der Waals surface area contributed by atoms with E-state index in [1.54, 1.807) is 18.2 Å². The first-order valence-electron chi connectivity index (χ1n) is 4.73. The molecule has 2 N–H and O–H groups in total. The van der Waals surface area contributed by atoms with Crippen LogP contribution >= 0.6 is 0 Å². The highest BCUT2D eigenvalue weighted by atomic mass is 16.3. The summed E-state index contributed by atoms with van der Waals surface area (Å²) in [6, 6.07) is 5.06. The Morgan fingerprint density at radius 3 is 2.67 bits per heavy atom. The maximum atomic E-state index is 10.9. The average Bonchev–Trinajstić information content (AvgIpc) is 2.09. The number of hydrogen-bond donors (Lipinski definition) is 2. The minimum atomic E-state index is -0.149. The van der Waals surface area contributed by atoms with E-state index in [9.17, 15) is 9.90 Å². The molecule has 0 unspecified atom stereocenters. The zero-order chi connectivity index (χ0) is 11.4. The van der Waals surface area contributed by atoms with Crippen molar-refractivity contribution in [3.8, 4) is 5.75 Å². The van der Waals surface area contributed by atoms with Crippen molar-refractivity contribution in [3.63, 3.8) is 0 Å². The van der Waals surface area contributed by atoms with Crippen molar-refractivity contribution in [2.45, 2.75) is 20.3 Å². The molecule has 0 radical (unpaired) electrons. The number of nitrogens with one attached hydrogen (secondary N) is 1. The van der Waals surface area contributed by atoms with Crippen molar-refractivity contribution in [3.05, 3.63) is 35.9 Å². The Bertz CT molecular complexity index is 397. The van der Waals surface area contributed by atoms with Crippen molar-refractivity contribution >= 4 is 11.6 Å². The number of phenols is 1. The molecule has 0 aliphatic heterocycles. The highest BCUT2D eigenvalue weighted by Crippen LogP contribution is 2.27. The fraction of sp³-hybridized carbons (Fsp3) is 0.250. The summed E-state index contributed by atoms with van der Waals surface area (Å²) in [7, 11) is 0. The molecule has 80 valence electrons. The van der Waals surface area contributed by atoms with Gasteiger partial charge in [0.2, 0.25) is 5.91 Å². The Kier molecular flexibility index (Phi) is 3.50. The minimum absolute atomic E-state index is 0.149. The van der Waals surface area contributed by atoms with E-state index in [2.05, 4.69) is 11.9 Å². The van der Waals surface area contributed by atoms with Gasteiger partial charge in [0, 0.05) is 18.2 Å². The Hall–Kier alpha value is -1.77. The third kappa shape index (κ3) is 3.13. The molecule has 0 aliphatic rings. The van der Waals surface area contributed by atoms with Crippen LogP contribution in [0.4, 0.5) is 5.69 Å². The van der Waals surface area contributed by atoms with Gasteiger partial charge in [-0.1, -0.05) is 18.2 Å². The molecular formula is C12H15NO2. The zero-order valence-corrected chi connectivity index (χ0v) is 9.00. The Labute approximate surface area is 89.4 Å². The van der Waals surface area contributed by atoms with E-state index in [1.165, 1.54) is 6.92 Å². The van der Waals surface area contributed by atoms with Crippen LogP contribution in [0.2, 0.25) is 0 Å². The van der Waals surface area contributed by atoms with Crippen LogP contribution in [0.1, 0.15) is 19.4 Å². The lowest BCUT2D eigenvalue weighted by Gasteiger charge is -2.11. The molecule has 0 aromatic heterocycles. The molecule has 1 rings (SSSR count). The molecule has 0 bridgehead atoms. The van der Waals surface area contributed by atoms with Crippen molar-refractivity contribution in [1.82, 2.24) is 0 Å². The second-order valence-electron chi connectivity index (χ2n) is 3.62. The first-order valence-corrected chi connectivity index (χ1v) is 4.73. The van der Waals surface area contributed by atoms with Crippen LogP contribution in [0.15, 0.2) is 30.4 Å². The predicted octanol–water partition coefficient (Wildman–Crippen LogP) is 2.47. The molecule has 3 heteroatoms. The average molecular weight is 205 g/mol. The molecule has 15 heavy (non-hydrogen) atoms. The second-order valence-corrected chi connectivity index (χ2v) is 3.62. The number of aromatic hydroxyl groups is 1. The standard InChI is InChI=1S/C12H15NO2/c1-8(2)7-10-11(13-9(3)14)5-4-6-12(10)15/h4-6,15H,1,7H2,2-3H3,(H,13,14). The molecule has 1 aromatic carbocycles. The maximum Gasteiger partial charge on any atom is 0.221 e. The number of hydrogen-bond acceptors (Lipinski definition) is 2. The van der Waals surface area contributed by atoms with Crippen LogP contribution < -0.4 is 5.32 Å². The van der Waals surface area contributed by atoms with Crippen LogP contribution in [-0.2, 0) is 11.2 Å². The fourth-order valence-electron chi connectivity index (χ4n) is 1.37. The summed E-state index contributed by atoms with van der Waals surface area (Å²) in [5.74, 6) is 0.0350. The summed E-state index contributed by atoms with van der Waals surface area (Å²) in [5, 5.41) is 12.3. The van der Waals surface area contributed by atoms with Crippen LogP contribution in [0.3, 0.4) is 0 Å². The fourth-order valence-corrected chi connectivity index (χ4v) is 1.37. The van der Waals surface area contributed by atoms with Crippen molar-refractivity contribution < 1.29 is 9.90 Å². The first-order chi connectivity index (χ1) is 7.00. The maximum absolute atomic E-state index is 10.9. The topological polar surface area (TPSA) is 49.3 Å². The molecule has 0 saturated carbocycles. The van der Waals surface area contributed by atoms with E-state index in [4.69, 9.17) is 0 Å². The molecule has 0 fully saturated rings. The van der Waals surface area contributed by atoms with Gasteiger partial charge in [-0.3, -0.25) is 4.79 Å².